The molecule has 0 spiro atoms. The van der Waals surface area contributed by atoms with Crippen LogP contribution < -0.4 is 10.6 Å². The van der Waals surface area contributed by atoms with Gasteiger partial charge in [0.25, 0.3) is 0 Å². The molecule has 5 heteroatoms. The van der Waals surface area contributed by atoms with Gasteiger partial charge in [-0.25, -0.2) is 4.79 Å². The first-order valence-corrected chi connectivity index (χ1v) is 8.19. The number of ether oxygens (including phenoxy) is 1. The number of urea groups is 1. The maximum Gasteiger partial charge on any atom is 0.319 e. The third kappa shape index (κ3) is 8.24. The zero-order valence-corrected chi connectivity index (χ0v) is 14.5. The maximum absolute atomic E-state index is 11.7. The van der Waals surface area contributed by atoms with E-state index in [1.807, 2.05) is 12.1 Å². The van der Waals surface area contributed by atoms with Crippen molar-refractivity contribution in [2.45, 2.75) is 47.1 Å². The number of hydrogen-bond donors (Lipinski definition) is 2. The average molecular weight is 320 g/mol. The third-order valence-corrected chi connectivity index (χ3v) is 3.31. The molecule has 0 aliphatic rings. The van der Waals surface area contributed by atoms with Crippen LogP contribution >= 0.6 is 0 Å². The van der Waals surface area contributed by atoms with Crippen LogP contribution in [0.1, 0.15) is 46.1 Å². The van der Waals surface area contributed by atoms with Crippen molar-refractivity contribution in [3.8, 4) is 0 Å². The summed E-state index contributed by atoms with van der Waals surface area (Å²) in [6, 6.07) is 7.07. The van der Waals surface area contributed by atoms with Crippen LogP contribution in [0.2, 0.25) is 0 Å². The van der Waals surface area contributed by atoms with Gasteiger partial charge in [-0.3, -0.25) is 4.79 Å². The molecule has 0 saturated heterocycles. The zero-order valence-electron chi connectivity index (χ0n) is 14.5. The molecule has 128 valence electrons. The Labute approximate surface area is 138 Å². The minimum absolute atomic E-state index is 0.129. The van der Waals surface area contributed by atoms with Gasteiger partial charge in [-0.15, -0.1) is 0 Å². The second-order valence-electron chi connectivity index (χ2n) is 6.38. The molecule has 2 N–H and O–H groups in total. The Morgan fingerprint density at radius 3 is 2.30 bits per heavy atom. The Morgan fingerprint density at radius 2 is 1.74 bits per heavy atom. The van der Waals surface area contributed by atoms with Crippen LogP contribution in [0.3, 0.4) is 0 Å². The average Bonchev–Trinajstić information content (AvgIpc) is 2.50. The lowest BCUT2D eigenvalue weighted by Gasteiger charge is -2.10. The first kappa shape index (κ1) is 19.0. The van der Waals surface area contributed by atoms with E-state index in [4.69, 9.17) is 4.74 Å². The molecule has 0 aromatic heterocycles. The molecule has 1 rings (SSSR count). The number of nitrogens with one attached hydrogen (secondary N) is 2. The van der Waals surface area contributed by atoms with Gasteiger partial charge in [-0.1, -0.05) is 39.8 Å². The summed E-state index contributed by atoms with van der Waals surface area (Å²) >= 11 is 0. The van der Waals surface area contributed by atoms with E-state index < -0.39 is 0 Å². The van der Waals surface area contributed by atoms with Gasteiger partial charge in [0.15, 0.2) is 0 Å². The zero-order chi connectivity index (χ0) is 17.2. The molecule has 1 aromatic rings. The number of benzene rings is 1. The highest BCUT2D eigenvalue weighted by Gasteiger charge is 2.08. The summed E-state index contributed by atoms with van der Waals surface area (Å²) in [4.78, 5) is 23.1. The molecule has 0 aliphatic heterocycles. The summed E-state index contributed by atoms with van der Waals surface area (Å²) in [5, 5.41) is 5.62. The third-order valence-electron chi connectivity index (χ3n) is 3.31. The van der Waals surface area contributed by atoms with E-state index in [-0.39, 0.29) is 24.5 Å². The summed E-state index contributed by atoms with van der Waals surface area (Å²) < 4.78 is 5.16. The van der Waals surface area contributed by atoms with Crippen molar-refractivity contribution >= 4 is 17.7 Å². The smallest absolute Gasteiger partial charge is 0.319 e. The predicted octanol–water partition coefficient (Wildman–Crippen LogP) is 3.94. The molecular weight excluding hydrogens is 292 g/mol. The molecule has 23 heavy (non-hydrogen) atoms. The van der Waals surface area contributed by atoms with Crippen molar-refractivity contribution in [1.82, 2.24) is 5.32 Å². The van der Waals surface area contributed by atoms with Gasteiger partial charge >= 0.3 is 12.0 Å². The van der Waals surface area contributed by atoms with E-state index in [1.165, 1.54) is 0 Å². The first-order chi connectivity index (χ1) is 10.9. The van der Waals surface area contributed by atoms with E-state index in [1.54, 1.807) is 26.0 Å². The van der Waals surface area contributed by atoms with Crippen LogP contribution in [0.5, 0.6) is 0 Å². The monoisotopic (exact) mass is 320 g/mol. The maximum atomic E-state index is 11.7. The van der Waals surface area contributed by atoms with Gasteiger partial charge in [-0.2, -0.15) is 0 Å². The molecule has 0 atom stereocenters. The molecule has 5 nitrogen and oxygen atoms in total. The second kappa shape index (κ2) is 9.87. The molecule has 0 bridgehead atoms. The van der Waals surface area contributed by atoms with Crippen molar-refractivity contribution in [2.75, 3.05) is 11.9 Å². The number of anilines is 1. The highest BCUT2D eigenvalue weighted by Crippen LogP contribution is 2.11. The minimum Gasteiger partial charge on any atom is -0.461 e. The van der Waals surface area contributed by atoms with E-state index in [0.717, 1.165) is 18.4 Å². The topological polar surface area (TPSA) is 67.4 Å². The fourth-order valence-corrected chi connectivity index (χ4v) is 1.89. The molecule has 0 unspecified atom stereocenters. The van der Waals surface area contributed by atoms with Gasteiger partial charge in [0.1, 0.15) is 6.61 Å². The lowest BCUT2D eigenvalue weighted by Crippen LogP contribution is -2.29. The van der Waals surface area contributed by atoms with Crippen molar-refractivity contribution in [2.24, 2.45) is 11.8 Å². The van der Waals surface area contributed by atoms with Crippen LogP contribution in [-0.2, 0) is 16.1 Å². The Balaban J connectivity index is 2.33. The Hall–Kier alpha value is -2.04. The number of rotatable bonds is 8. The summed E-state index contributed by atoms with van der Waals surface area (Å²) in [7, 11) is 0. The van der Waals surface area contributed by atoms with Crippen LogP contribution in [0.25, 0.3) is 0 Å². The van der Waals surface area contributed by atoms with Crippen LogP contribution in [0.15, 0.2) is 24.3 Å². The fraction of sp³-hybridized carbons (Fsp3) is 0.556. The van der Waals surface area contributed by atoms with Crippen LogP contribution in [0.4, 0.5) is 10.5 Å². The van der Waals surface area contributed by atoms with Crippen molar-refractivity contribution in [1.29, 1.82) is 0 Å². The van der Waals surface area contributed by atoms with Gasteiger partial charge in [0.2, 0.25) is 0 Å². The largest absolute Gasteiger partial charge is 0.461 e. The van der Waals surface area contributed by atoms with Crippen LogP contribution in [-0.4, -0.2) is 18.5 Å². The quantitative estimate of drug-likeness (QED) is 0.563. The predicted molar refractivity (Wildman–Crippen MR) is 92.2 cm³/mol. The van der Waals surface area contributed by atoms with Gasteiger partial charge in [0, 0.05) is 12.2 Å². The van der Waals surface area contributed by atoms with E-state index >= 15 is 0 Å². The van der Waals surface area contributed by atoms with E-state index in [2.05, 4.69) is 24.5 Å². The number of carbonyl (C=O) groups excluding carboxylic acids is 2. The van der Waals surface area contributed by atoms with E-state index in [0.29, 0.717) is 18.2 Å². The SMILES string of the molecule is CC(C)CCCNC(=O)Nc1ccc(COC(=O)C(C)C)cc1. The number of hydrogen-bond acceptors (Lipinski definition) is 3. The van der Waals surface area contributed by atoms with Gasteiger partial charge < -0.3 is 15.4 Å². The lowest BCUT2D eigenvalue weighted by atomic mass is 10.1. The molecule has 2 amide bonds. The standard InChI is InChI=1S/C18H28N2O3/c1-13(2)6-5-11-19-18(22)20-16-9-7-15(8-10-16)12-23-17(21)14(3)4/h7-10,13-14H,5-6,11-12H2,1-4H3,(H2,19,20,22). The Kier molecular flexibility index (Phi) is 8.16. The molecule has 0 aliphatic carbocycles. The fourth-order valence-electron chi connectivity index (χ4n) is 1.89. The summed E-state index contributed by atoms with van der Waals surface area (Å²) in [5.74, 6) is 0.306. The van der Waals surface area contributed by atoms with Crippen LogP contribution in [0, 0.1) is 11.8 Å². The number of carbonyl (C=O) groups is 2. The lowest BCUT2D eigenvalue weighted by molar-refractivity contribution is -0.148. The van der Waals surface area contributed by atoms with Crippen molar-refractivity contribution in [3.63, 3.8) is 0 Å². The highest BCUT2D eigenvalue weighted by molar-refractivity contribution is 5.89. The number of amides is 2. The second-order valence-corrected chi connectivity index (χ2v) is 6.38. The first-order valence-electron chi connectivity index (χ1n) is 8.19. The molecule has 0 radical (unpaired) electrons. The molecule has 1 aromatic carbocycles. The van der Waals surface area contributed by atoms with E-state index in [9.17, 15) is 9.59 Å². The summed E-state index contributed by atoms with van der Waals surface area (Å²) in [6.45, 7) is 8.86. The molecular formula is C18H28N2O3. The normalized spacial score (nSPS) is 10.7. The minimum atomic E-state index is -0.215. The summed E-state index contributed by atoms with van der Waals surface area (Å²) in [6.07, 6.45) is 2.08. The molecule has 0 fully saturated rings. The Morgan fingerprint density at radius 1 is 1.09 bits per heavy atom. The summed E-state index contributed by atoms with van der Waals surface area (Å²) in [5.41, 5.74) is 1.60. The van der Waals surface area contributed by atoms with Gasteiger partial charge in [-0.05, 0) is 36.5 Å². The van der Waals surface area contributed by atoms with Gasteiger partial charge in [0.05, 0.1) is 5.92 Å². The highest BCUT2D eigenvalue weighted by atomic mass is 16.5. The van der Waals surface area contributed by atoms with Crippen molar-refractivity contribution < 1.29 is 14.3 Å². The van der Waals surface area contributed by atoms with Crippen molar-refractivity contribution in [3.05, 3.63) is 29.8 Å². The Bertz CT molecular complexity index is 495. The number of esters is 1. The molecule has 0 saturated carbocycles. The molecule has 0 heterocycles.